The Morgan fingerprint density at radius 1 is 0.750 bits per heavy atom. The molecule has 0 bridgehead atoms. The van der Waals surface area contributed by atoms with Gasteiger partial charge in [0.1, 0.15) is 17.6 Å². The Morgan fingerprint density at radius 3 is 2.11 bits per heavy atom. The van der Waals surface area contributed by atoms with Crippen LogP contribution in [0, 0.1) is 18.3 Å². The molecule has 280 valence electrons. The average molecular weight is 913 g/mol. The van der Waals surface area contributed by atoms with Crippen molar-refractivity contribution in [3.05, 3.63) is 204 Å². The van der Waals surface area contributed by atoms with Gasteiger partial charge in [0.25, 0.3) is 0 Å². The van der Waals surface area contributed by atoms with Gasteiger partial charge >= 0.3 is 26.1 Å². The molecule has 0 saturated carbocycles. The van der Waals surface area contributed by atoms with Crippen LogP contribution in [-0.2, 0) is 36.5 Å². The van der Waals surface area contributed by atoms with Gasteiger partial charge < -0.3 is 10.0 Å². The molecule has 1 aliphatic heterocycles. The van der Waals surface area contributed by atoms with Crippen molar-refractivity contribution in [2.75, 3.05) is 4.90 Å². The van der Waals surface area contributed by atoms with Crippen LogP contribution in [-0.4, -0.2) is 21.0 Å². The molecule has 3 aromatic heterocycles. The summed E-state index contributed by atoms with van der Waals surface area (Å²) in [4.78, 5) is 21.6. The summed E-state index contributed by atoms with van der Waals surface area (Å²) in [6.45, 7) is 13.6. The number of para-hydroxylation sites is 1. The Labute approximate surface area is 343 Å². The molecule has 0 amide bonds. The first kappa shape index (κ1) is 39.9. The molecule has 6 nitrogen and oxygen atoms in total. The second-order valence-corrected chi connectivity index (χ2v) is 15.6. The number of rotatable bonds is 5. The summed E-state index contributed by atoms with van der Waals surface area (Å²) in [5.41, 5.74) is 9.57. The van der Waals surface area contributed by atoms with Crippen LogP contribution >= 0.6 is 0 Å². The minimum atomic E-state index is -0.990. The molecule has 0 radical (unpaired) electrons. The van der Waals surface area contributed by atoms with Gasteiger partial charge in [0.2, 0.25) is 5.54 Å². The summed E-state index contributed by atoms with van der Waals surface area (Å²) in [7, 11) is 0. The molecule has 0 unspecified atom stereocenters. The summed E-state index contributed by atoms with van der Waals surface area (Å²) in [6, 6.07) is 54.8. The van der Waals surface area contributed by atoms with Gasteiger partial charge in [0.05, 0.1) is 11.8 Å². The van der Waals surface area contributed by atoms with Gasteiger partial charge in [-0.1, -0.05) is 95.3 Å². The molecule has 1 N–H and O–H groups in total. The zero-order chi connectivity index (χ0) is 38.8. The Balaban J connectivity index is 0.000000470. The van der Waals surface area contributed by atoms with Crippen molar-refractivity contribution >= 4 is 23.0 Å². The van der Waals surface area contributed by atoms with E-state index in [0.717, 1.165) is 50.7 Å². The van der Waals surface area contributed by atoms with E-state index in [4.69, 9.17) is 10.1 Å². The molecule has 56 heavy (non-hydrogen) atoms. The maximum absolute atomic E-state index is 10.1. The summed E-state index contributed by atoms with van der Waals surface area (Å²) in [5.74, 6) is -0.990. The SMILES string of the molecule is CC(C)(C)c1[c-]c2c(cc1)N(c1ccccc1)c1ccc(C(C)(C)C)cc1[C@@]2(c1cccc(-c2[c-]cccc2)n1)[n+]1[c-]cccc1.O=C(O)c1ccccn1.[Ir+3]. The van der Waals surface area contributed by atoms with Gasteiger partial charge in [0.15, 0.2) is 0 Å². The largest absolute Gasteiger partial charge is 3.00 e. The van der Waals surface area contributed by atoms with E-state index in [9.17, 15) is 4.79 Å². The molecule has 7 heteroatoms. The molecule has 1 atom stereocenters. The van der Waals surface area contributed by atoms with E-state index < -0.39 is 11.5 Å². The van der Waals surface area contributed by atoms with Gasteiger partial charge in [-0.15, -0.1) is 54.1 Å². The van der Waals surface area contributed by atoms with Gasteiger partial charge in [0, 0.05) is 17.6 Å². The second-order valence-electron chi connectivity index (χ2n) is 15.6. The van der Waals surface area contributed by atoms with Gasteiger partial charge in [-0.25, -0.2) is 9.78 Å². The molecule has 0 fully saturated rings. The molecule has 8 rings (SSSR count). The number of carboxylic acid groups (broad SMARTS) is 1. The van der Waals surface area contributed by atoms with Crippen LogP contribution in [0.15, 0.2) is 152 Å². The number of fused-ring (bicyclic) bond motifs is 2. The second kappa shape index (κ2) is 16.2. The number of pyridine rings is 3. The molecule has 7 aromatic rings. The zero-order valence-electron chi connectivity index (χ0n) is 32.4. The summed E-state index contributed by atoms with van der Waals surface area (Å²) < 4.78 is 2.21. The van der Waals surface area contributed by atoms with Crippen LogP contribution in [0.3, 0.4) is 0 Å². The van der Waals surface area contributed by atoms with Crippen LogP contribution in [0.25, 0.3) is 11.3 Å². The van der Waals surface area contributed by atoms with Crippen LogP contribution < -0.4 is 9.47 Å². The van der Waals surface area contributed by atoms with Crippen LogP contribution in [0.2, 0.25) is 0 Å². The minimum absolute atomic E-state index is 0. The Kier molecular flexibility index (Phi) is 11.5. The van der Waals surface area contributed by atoms with Crippen LogP contribution in [0.1, 0.15) is 80.0 Å². The first-order valence-electron chi connectivity index (χ1n) is 18.4. The number of anilines is 3. The topological polar surface area (TPSA) is 70.2 Å². The standard InChI is InChI=1S/C43H39N3.C6H5NO2.Ir/c1-41(2,3)32-23-25-38-35(29-32)43(45-27-14-9-15-28-45,40-22-16-21-37(44-40)31-17-10-7-11-18-31)36-30-33(42(4,5)6)24-26-39(36)46(38)34-19-12-8-13-20-34;8-6(9)5-3-1-2-4-7-5;/h7-17,19-27,29H,1-6H3;1-4H,(H,8,9);/q-2;;+3/t43-;;/m1../s1. The van der Waals surface area contributed by atoms with Crippen molar-refractivity contribution in [3.8, 4) is 11.3 Å². The molecule has 0 spiro atoms. The van der Waals surface area contributed by atoms with Crippen molar-refractivity contribution in [2.24, 2.45) is 0 Å². The number of benzene rings is 4. The first-order valence-corrected chi connectivity index (χ1v) is 18.4. The van der Waals surface area contributed by atoms with Crippen molar-refractivity contribution in [1.82, 2.24) is 9.97 Å². The number of carboxylic acids is 1. The molecule has 0 aliphatic carbocycles. The van der Waals surface area contributed by atoms with Gasteiger partial charge in [-0.05, 0) is 64.6 Å². The number of hydrogen-bond acceptors (Lipinski definition) is 4. The van der Waals surface area contributed by atoms with Gasteiger partial charge in [-0.3, -0.25) is 9.55 Å². The summed E-state index contributed by atoms with van der Waals surface area (Å²) in [6.07, 6.45) is 7.19. The third kappa shape index (κ3) is 7.70. The third-order valence-electron chi connectivity index (χ3n) is 9.85. The number of aromatic carboxylic acids is 1. The van der Waals surface area contributed by atoms with Crippen molar-refractivity contribution < 1.29 is 34.6 Å². The van der Waals surface area contributed by atoms with Crippen LogP contribution in [0.4, 0.5) is 17.1 Å². The summed E-state index contributed by atoms with van der Waals surface area (Å²) >= 11 is 0. The molecule has 1 aliphatic rings. The molecule has 4 heterocycles. The van der Waals surface area contributed by atoms with Crippen molar-refractivity contribution in [3.63, 3.8) is 0 Å². The third-order valence-corrected chi connectivity index (χ3v) is 9.85. The fraction of sp³-hybridized carbons (Fsp3) is 0.184. The fourth-order valence-electron chi connectivity index (χ4n) is 7.03. The maximum atomic E-state index is 10.1. The van der Waals surface area contributed by atoms with E-state index in [-0.39, 0.29) is 36.6 Å². The molecular formula is C49H44IrN4O2+. The maximum Gasteiger partial charge on any atom is 3.00 e. The normalized spacial score (nSPS) is 14.6. The number of carbonyl (C=O) groups is 1. The van der Waals surface area contributed by atoms with E-state index in [2.05, 4.69) is 172 Å². The minimum Gasteiger partial charge on any atom is -0.477 e. The van der Waals surface area contributed by atoms with E-state index in [1.165, 1.54) is 17.8 Å². The predicted octanol–water partition coefficient (Wildman–Crippen LogP) is 10.4. The fourth-order valence-corrected chi connectivity index (χ4v) is 7.03. The van der Waals surface area contributed by atoms with E-state index in [1.54, 1.807) is 12.1 Å². The monoisotopic (exact) mass is 913 g/mol. The predicted molar refractivity (Wildman–Crippen MR) is 218 cm³/mol. The van der Waals surface area contributed by atoms with Gasteiger partial charge in [-0.2, -0.15) is 23.8 Å². The summed E-state index contributed by atoms with van der Waals surface area (Å²) in [5, 5.41) is 8.32. The number of nitrogens with zero attached hydrogens (tertiary/aromatic N) is 4. The first-order chi connectivity index (χ1) is 26.4. The number of aromatic nitrogens is 3. The smallest absolute Gasteiger partial charge is 0.477 e. The average Bonchev–Trinajstić information content (AvgIpc) is 3.20. The quantitative estimate of drug-likeness (QED) is 0.138. The molecular weight excluding hydrogens is 869 g/mol. The van der Waals surface area contributed by atoms with Crippen molar-refractivity contribution in [2.45, 2.75) is 57.9 Å². The van der Waals surface area contributed by atoms with Crippen molar-refractivity contribution in [1.29, 1.82) is 0 Å². The van der Waals surface area contributed by atoms with E-state index in [1.807, 2.05) is 30.3 Å². The zero-order valence-corrected chi connectivity index (χ0v) is 34.8. The molecule has 0 saturated heterocycles. The van der Waals surface area contributed by atoms with E-state index >= 15 is 0 Å². The molecule has 4 aromatic carbocycles. The Hall–Kier alpha value is -5.75. The number of hydrogen-bond donors (Lipinski definition) is 1. The van der Waals surface area contributed by atoms with Crippen LogP contribution in [0.5, 0.6) is 0 Å². The Bertz CT molecular complexity index is 2360. The van der Waals surface area contributed by atoms with E-state index in [0.29, 0.717) is 0 Å². The Morgan fingerprint density at radius 2 is 1.48 bits per heavy atom.